The highest BCUT2D eigenvalue weighted by atomic mass is 32.2. The maximum absolute atomic E-state index is 9.35. The Morgan fingerprint density at radius 3 is 2.80 bits per heavy atom. The Hall–Kier alpha value is -0.670. The zero-order valence-electron chi connectivity index (χ0n) is 9.60. The normalized spacial score (nSPS) is 13.1. The molecule has 0 aliphatic carbocycles. The molecule has 0 saturated carbocycles. The van der Waals surface area contributed by atoms with Crippen molar-refractivity contribution in [2.75, 3.05) is 19.1 Å². The molecule has 3 heteroatoms. The number of hydrogen-bond donors (Lipinski definition) is 1. The van der Waals surface area contributed by atoms with Crippen LogP contribution in [0.5, 0.6) is 5.75 Å². The first-order valence-electron chi connectivity index (χ1n) is 5.10. The predicted octanol–water partition coefficient (Wildman–Crippen LogP) is 2.58. The highest BCUT2D eigenvalue weighted by Crippen LogP contribution is 2.14. The molecule has 0 bridgehead atoms. The van der Waals surface area contributed by atoms with Gasteiger partial charge in [0.15, 0.2) is 0 Å². The molecule has 1 aromatic rings. The standard InChI is InChI=1S/C12H19NOS/c1-10(9-15-3)13(2)8-11-5-4-6-12(14)7-11/h4-7,10,14H,8-9H2,1-3H3. The average molecular weight is 225 g/mol. The van der Waals surface area contributed by atoms with Crippen molar-refractivity contribution in [1.29, 1.82) is 0 Å². The van der Waals surface area contributed by atoms with Crippen molar-refractivity contribution in [1.82, 2.24) is 4.90 Å². The summed E-state index contributed by atoms with van der Waals surface area (Å²) in [7, 11) is 2.12. The molecule has 0 aromatic heterocycles. The van der Waals surface area contributed by atoms with Gasteiger partial charge in [-0.15, -0.1) is 0 Å². The molecule has 1 unspecified atom stereocenters. The van der Waals surface area contributed by atoms with E-state index >= 15 is 0 Å². The van der Waals surface area contributed by atoms with Crippen LogP contribution in [-0.2, 0) is 6.54 Å². The van der Waals surface area contributed by atoms with Crippen molar-refractivity contribution >= 4 is 11.8 Å². The number of phenolic OH excluding ortho intramolecular Hbond substituents is 1. The molecule has 84 valence electrons. The van der Waals surface area contributed by atoms with Gasteiger partial charge in [-0.1, -0.05) is 12.1 Å². The fourth-order valence-electron chi connectivity index (χ4n) is 1.47. The van der Waals surface area contributed by atoms with Gasteiger partial charge >= 0.3 is 0 Å². The van der Waals surface area contributed by atoms with Crippen molar-refractivity contribution in [3.05, 3.63) is 29.8 Å². The molecule has 0 aliphatic heterocycles. The lowest BCUT2D eigenvalue weighted by Crippen LogP contribution is -2.30. The van der Waals surface area contributed by atoms with Crippen molar-refractivity contribution in [2.45, 2.75) is 19.5 Å². The van der Waals surface area contributed by atoms with Gasteiger partial charge in [-0.2, -0.15) is 11.8 Å². The van der Waals surface area contributed by atoms with Crippen molar-refractivity contribution in [3.63, 3.8) is 0 Å². The molecule has 0 heterocycles. The van der Waals surface area contributed by atoms with Gasteiger partial charge in [-0.25, -0.2) is 0 Å². The number of benzene rings is 1. The molecule has 2 nitrogen and oxygen atoms in total. The lowest BCUT2D eigenvalue weighted by molar-refractivity contribution is 0.269. The molecule has 1 aromatic carbocycles. The molecule has 0 spiro atoms. The van der Waals surface area contributed by atoms with E-state index in [1.807, 2.05) is 30.0 Å². The Bertz CT molecular complexity index is 303. The van der Waals surface area contributed by atoms with Crippen LogP contribution >= 0.6 is 11.8 Å². The highest BCUT2D eigenvalue weighted by Gasteiger charge is 2.08. The molecule has 0 fully saturated rings. The zero-order chi connectivity index (χ0) is 11.3. The second kappa shape index (κ2) is 6.03. The van der Waals surface area contributed by atoms with Crippen LogP contribution in [0.1, 0.15) is 12.5 Å². The Balaban J connectivity index is 2.54. The van der Waals surface area contributed by atoms with E-state index in [2.05, 4.69) is 25.1 Å². The Morgan fingerprint density at radius 1 is 1.47 bits per heavy atom. The van der Waals surface area contributed by atoms with Gasteiger partial charge in [0, 0.05) is 18.3 Å². The van der Waals surface area contributed by atoms with Gasteiger partial charge in [0.1, 0.15) is 5.75 Å². The van der Waals surface area contributed by atoms with Crippen LogP contribution in [0.2, 0.25) is 0 Å². The third kappa shape index (κ3) is 4.14. The Kier molecular flexibility index (Phi) is 4.99. The maximum atomic E-state index is 9.35. The van der Waals surface area contributed by atoms with Crippen molar-refractivity contribution in [3.8, 4) is 5.75 Å². The quantitative estimate of drug-likeness (QED) is 0.833. The van der Waals surface area contributed by atoms with Crippen LogP contribution in [-0.4, -0.2) is 35.1 Å². The zero-order valence-corrected chi connectivity index (χ0v) is 10.4. The van der Waals surface area contributed by atoms with E-state index in [-0.39, 0.29) is 0 Å². The smallest absolute Gasteiger partial charge is 0.115 e. The molecule has 0 radical (unpaired) electrons. The fourth-order valence-corrected chi connectivity index (χ4v) is 2.20. The minimum atomic E-state index is 0.346. The monoisotopic (exact) mass is 225 g/mol. The van der Waals surface area contributed by atoms with E-state index in [1.54, 1.807) is 6.07 Å². The van der Waals surface area contributed by atoms with Crippen LogP contribution in [0.15, 0.2) is 24.3 Å². The van der Waals surface area contributed by atoms with Crippen LogP contribution < -0.4 is 0 Å². The summed E-state index contributed by atoms with van der Waals surface area (Å²) in [6, 6.07) is 8.01. The number of hydrogen-bond acceptors (Lipinski definition) is 3. The van der Waals surface area contributed by atoms with Gasteiger partial charge in [-0.3, -0.25) is 4.90 Å². The second-order valence-electron chi connectivity index (χ2n) is 3.89. The SMILES string of the molecule is CSCC(C)N(C)Cc1cccc(O)c1. The van der Waals surface area contributed by atoms with E-state index in [9.17, 15) is 5.11 Å². The number of rotatable bonds is 5. The minimum absolute atomic E-state index is 0.346. The van der Waals surface area contributed by atoms with E-state index in [0.29, 0.717) is 11.8 Å². The third-order valence-corrected chi connectivity index (χ3v) is 3.32. The summed E-state index contributed by atoms with van der Waals surface area (Å²) in [5.41, 5.74) is 1.16. The number of nitrogens with zero attached hydrogens (tertiary/aromatic N) is 1. The summed E-state index contributed by atoms with van der Waals surface area (Å²) in [4.78, 5) is 2.30. The molecule has 1 rings (SSSR count). The first-order valence-corrected chi connectivity index (χ1v) is 6.50. The molecule has 0 amide bonds. The second-order valence-corrected chi connectivity index (χ2v) is 4.80. The van der Waals surface area contributed by atoms with Crippen LogP contribution in [0.4, 0.5) is 0 Å². The Labute approximate surface area is 96.3 Å². The first-order chi connectivity index (χ1) is 7.13. The van der Waals surface area contributed by atoms with Gasteiger partial charge in [0.25, 0.3) is 0 Å². The largest absolute Gasteiger partial charge is 0.508 e. The summed E-state index contributed by atoms with van der Waals surface area (Å²) >= 11 is 1.86. The molecule has 1 atom stereocenters. The van der Waals surface area contributed by atoms with E-state index in [0.717, 1.165) is 17.9 Å². The van der Waals surface area contributed by atoms with Gasteiger partial charge in [-0.05, 0) is 37.9 Å². The molecule has 15 heavy (non-hydrogen) atoms. The molecule has 0 saturated heterocycles. The number of aromatic hydroxyl groups is 1. The van der Waals surface area contributed by atoms with Crippen LogP contribution in [0.3, 0.4) is 0 Å². The number of phenols is 1. The van der Waals surface area contributed by atoms with E-state index < -0.39 is 0 Å². The van der Waals surface area contributed by atoms with Gasteiger partial charge in [0.2, 0.25) is 0 Å². The van der Waals surface area contributed by atoms with Gasteiger partial charge in [0.05, 0.1) is 0 Å². The lowest BCUT2D eigenvalue weighted by Gasteiger charge is -2.24. The molecule has 0 aliphatic rings. The van der Waals surface area contributed by atoms with Gasteiger partial charge < -0.3 is 5.11 Å². The lowest BCUT2D eigenvalue weighted by atomic mass is 10.2. The minimum Gasteiger partial charge on any atom is -0.508 e. The van der Waals surface area contributed by atoms with Crippen LogP contribution in [0.25, 0.3) is 0 Å². The molecular formula is C12H19NOS. The average Bonchev–Trinajstić information content (AvgIpc) is 2.18. The van der Waals surface area contributed by atoms with Crippen LogP contribution in [0, 0.1) is 0 Å². The highest BCUT2D eigenvalue weighted by molar-refractivity contribution is 7.98. The van der Waals surface area contributed by atoms with E-state index in [4.69, 9.17) is 0 Å². The molecular weight excluding hydrogens is 206 g/mol. The summed E-state index contributed by atoms with van der Waals surface area (Å²) in [5, 5.41) is 9.35. The first kappa shape index (κ1) is 12.4. The Morgan fingerprint density at radius 2 is 2.20 bits per heavy atom. The summed E-state index contributed by atoms with van der Waals surface area (Å²) < 4.78 is 0. The number of thioether (sulfide) groups is 1. The predicted molar refractivity (Wildman–Crippen MR) is 67.4 cm³/mol. The summed E-state index contributed by atoms with van der Waals surface area (Å²) in [6.45, 7) is 3.11. The third-order valence-electron chi connectivity index (χ3n) is 2.50. The molecule has 1 N–H and O–H groups in total. The summed E-state index contributed by atoms with van der Waals surface area (Å²) in [6.07, 6.45) is 2.12. The van der Waals surface area contributed by atoms with Crippen molar-refractivity contribution in [2.24, 2.45) is 0 Å². The van der Waals surface area contributed by atoms with Crippen molar-refractivity contribution < 1.29 is 5.11 Å². The topological polar surface area (TPSA) is 23.5 Å². The maximum Gasteiger partial charge on any atom is 0.115 e. The van der Waals surface area contributed by atoms with E-state index in [1.165, 1.54) is 0 Å². The summed E-state index contributed by atoms with van der Waals surface area (Å²) in [5.74, 6) is 1.48. The fraction of sp³-hybridized carbons (Fsp3) is 0.500.